The highest BCUT2D eigenvalue weighted by molar-refractivity contribution is 5.91. The van der Waals surface area contributed by atoms with Gasteiger partial charge in [-0.05, 0) is 31.4 Å². The van der Waals surface area contributed by atoms with Crippen molar-refractivity contribution in [1.29, 1.82) is 0 Å². The van der Waals surface area contributed by atoms with Crippen LogP contribution < -0.4 is 11.1 Å². The Bertz CT molecular complexity index is 402. The van der Waals surface area contributed by atoms with Gasteiger partial charge in [-0.2, -0.15) is 0 Å². The molecule has 86 valence electrons. The molecule has 0 radical (unpaired) electrons. The third-order valence-electron chi connectivity index (χ3n) is 3.01. The maximum atomic E-state index is 13.2. The number of benzene rings is 1. The number of amides is 1. The Kier molecular flexibility index (Phi) is 2.92. The van der Waals surface area contributed by atoms with Crippen molar-refractivity contribution in [2.24, 2.45) is 5.73 Å². The van der Waals surface area contributed by atoms with E-state index in [1.807, 2.05) is 0 Å². The van der Waals surface area contributed by atoms with Crippen molar-refractivity contribution in [3.8, 4) is 0 Å². The molecule has 0 spiro atoms. The first-order valence-corrected chi connectivity index (χ1v) is 5.42. The zero-order valence-electron chi connectivity index (χ0n) is 9.00. The summed E-state index contributed by atoms with van der Waals surface area (Å²) < 4.78 is 13.2. The van der Waals surface area contributed by atoms with E-state index in [1.54, 1.807) is 12.1 Å². The third kappa shape index (κ3) is 2.39. The van der Waals surface area contributed by atoms with Crippen LogP contribution >= 0.6 is 0 Å². The largest absolute Gasteiger partial charge is 0.325 e. The van der Waals surface area contributed by atoms with Crippen LogP contribution in [0.5, 0.6) is 0 Å². The van der Waals surface area contributed by atoms with E-state index in [9.17, 15) is 9.18 Å². The minimum Gasteiger partial charge on any atom is -0.325 e. The predicted molar refractivity (Wildman–Crippen MR) is 60.4 cm³/mol. The monoisotopic (exact) mass is 222 g/mol. The van der Waals surface area contributed by atoms with Crippen LogP contribution in [0.3, 0.4) is 0 Å². The van der Waals surface area contributed by atoms with Crippen molar-refractivity contribution >= 4 is 11.6 Å². The molecule has 3 nitrogen and oxygen atoms in total. The van der Waals surface area contributed by atoms with Gasteiger partial charge in [-0.25, -0.2) is 4.39 Å². The molecule has 1 aliphatic carbocycles. The molecule has 1 fully saturated rings. The van der Waals surface area contributed by atoms with Gasteiger partial charge in [0.25, 0.3) is 0 Å². The quantitative estimate of drug-likeness (QED) is 0.822. The van der Waals surface area contributed by atoms with Crippen molar-refractivity contribution in [3.63, 3.8) is 0 Å². The number of hydrogen-bond acceptors (Lipinski definition) is 2. The molecule has 1 amide bonds. The van der Waals surface area contributed by atoms with Gasteiger partial charge >= 0.3 is 0 Å². The Morgan fingerprint density at radius 1 is 1.44 bits per heavy atom. The number of nitrogens with two attached hydrogens (primary N) is 1. The van der Waals surface area contributed by atoms with Gasteiger partial charge in [-0.3, -0.25) is 4.79 Å². The summed E-state index contributed by atoms with van der Waals surface area (Å²) in [4.78, 5) is 11.6. The molecule has 1 aromatic rings. The van der Waals surface area contributed by atoms with Gasteiger partial charge in [0.2, 0.25) is 5.91 Å². The lowest BCUT2D eigenvalue weighted by Gasteiger charge is -2.37. The number of anilines is 1. The Hall–Kier alpha value is -1.42. The Balaban J connectivity index is 1.95. The second-order valence-corrected chi connectivity index (χ2v) is 4.42. The molecule has 0 aliphatic heterocycles. The molecule has 0 atom stereocenters. The van der Waals surface area contributed by atoms with Crippen LogP contribution in [0.25, 0.3) is 0 Å². The van der Waals surface area contributed by atoms with Gasteiger partial charge in [0.15, 0.2) is 0 Å². The summed E-state index contributed by atoms with van der Waals surface area (Å²) in [5, 5.41) is 2.54. The zero-order valence-corrected chi connectivity index (χ0v) is 9.00. The van der Waals surface area contributed by atoms with Crippen molar-refractivity contribution < 1.29 is 9.18 Å². The summed E-state index contributed by atoms with van der Waals surface area (Å²) in [7, 11) is 0. The Labute approximate surface area is 93.8 Å². The summed E-state index contributed by atoms with van der Waals surface area (Å²) in [6.45, 7) is 0. The highest BCUT2D eigenvalue weighted by Crippen LogP contribution is 2.32. The number of halogens is 1. The highest BCUT2D eigenvalue weighted by atomic mass is 19.1. The fraction of sp³-hybridized carbons (Fsp3) is 0.417. The average molecular weight is 222 g/mol. The smallest absolute Gasteiger partial charge is 0.226 e. The minimum absolute atomic E-state index is 0.215. The summed E-state index contributed by atoms with van der Waals surface area (Å²) in [6.07, 6.45) is 3.08. The molecule has 4 heteroatoms. The maximum Gasteiger partial charge on any atom is 0.226 e. The van der Waals surface area contributed by atoms with E-state index in [4.69, 9.17) is 5.73 Å². The number of carbonyl (C=O) groups excluding carboxylic acids is 1. The number of hydrogen-bond donors (Lipinski definition) is 2. The van der Waals surface area contributed by atoms with E-state index in [0.717, 1.165) is 19.3 Å². The normalized spacial score (nSPS) is 17.6. The van der Waals surface area contributed by atoms with E-state index >= 15 is 0 Å². The molecule has 0 bridgehead atoms. The van der Waals surface area contributed by atoms with Gasteiger partial charge in [0.1, 0.15) is 5.82 Å². The van der Waals surface area contributed by atoms with E-state index in [-0.39, 0.29) is 23.6 Å². The maximum absolute atomic E-state index is 13.2. The predicted octanol–water partition coefficient (Wildman–Crippen LogP) is 2.04. The van der Waals surface area contributed by atoms with Crippen molar-refractivity contribution in [1.82, 2.24) is 0 Å². The molecule has 0 aromatic heterocycles. The topological polar surface area (TPSA) is 55.1 Å². The van der Waals surface area contributed by atoms with Gasteiger partial charge in [0.05, 0.1) is 5.69 Å². The van der Waals surface area contributed by atoms with Crippen LogP contribution in [-0.4, -0.2) is 11.4 Å². The van der Waals surface area contributed by atoms with Gasteiger partial charge in [-0.15, -0.1) is 0 Å². The number of carbonyl (C=O) groups is 1. The fourth-order valence-corrected chi connectivity index (χ4v) is 1.88. The van der Waals surface area contributed by atoms with E-state index in [0.29, 0.717) is 0 Å². The van der Waals surface area contributed by atoms with Crippen LogP contribution in [0.4, 0.5) is 10.1 Å². The standard InChI is InChI=1S/C12H15FN2O/c13-9-4-1-2-5-10(9)15-11(16)8-12(14)6-3-7-12/h1-2,4-5H,3,6-8,14H2,(H,15,16). The zero-order chi connectivity index (χ0) is 11.6. The minimum atomic E-state index is -0.421. The van der Waals surface area contributed by atoms with Crippen LogP contribution in [0.15, 0.2) is 24.3 Å². The van der Waals surface area contributed by atoms with E-state index in [1.165, 1.54) is 12.1 Å². The molecule has 0 heterocycles. The highest BCUT2D eigenvalue weighted by Gasteiger charge is 2.34. The van der Waals surface area contributed by atoms with Crippen LogP contribution in [0.1, 0.15) is 25.7 Å². The SMILES string of the molecule is NC1(CC(=O)Nc2ccccc2F)CCC1. The van der Waals surface area contributed by atoms with Crippen LogP contribution in [0.2, 0.25) is 0 Å². The molecule has 1 aromatic carbocycles. The summed E-state index contributed by atoms with van der Waals surface area (Å²) >= 11 is 0. The second-order valence-electron chi connectivity index (χ2n) is 4.42. The number of nitrogens with one attached hydrogen (secondary N) is 1. The lowest BCUT2D eigenvalue weighted by Crippen LogP contribution is -2.48. The second kappa shape index (κ2) is 4.22. The fourth-order valence-electron chi connectivity index (χ4n) is 1.88. The van der Waals surface area contributed by atoms with Crippen molar-refractivity contribution in [2.75, 3.05) is 5.32 Å². The average Bonchev–Trinajstić information content (AvgIpc) is 2.19. The summed E-state index contributed by atoms with van der Waals surface area (Å²) in [5.41, 5.74) is 5.79. The van der Waals surface area contributed by atoms with Gasteiger partial charge in [0, 0.05) is 12.0 Å². The molecule has 1 aliphatic rings. The molecule has 2 rings (SSSR count). The first-order valence-electron chi connectivity index (χ1n) is 5.42. The molecule has 0 unspecified atom stereocenters. The summed E-state index contributed by atoms with van der Waals surface area (Å²) in [5.74, 6) is -0.636. The van der Waals surface area contributed by atoms with Crippen molar-refractivity contribution in [3.05, 3.63) is 30.1 Å². The number of rotatable bonds is 3. The van der Waals surface area contributed by atoms with E-state index in [2.05, 4.69) is 5.32 Å². The Morgan fingerprint density at radius 3 is 2.69 bits per heavy atom. The van der Waals surface area contributed by atoms with Gasteiger partial charge < -0.3 is 11.1 Å². The molecule has 0 saturated heterocycles. The number of para-hydroxylation sites is 1. The molecular weight excluding hydrogens is 207 g/mol. The molecular formula is C12H15FN2O. The van der Waals surface area contributed by atoms with Gasteiger partial charge in [-0.1, -0.05) is 12.1 Å². The molecule has 3 N–H and O–H groups in total. The molecule has 16 heavy (non-hydrogen) atoms. The first kappa shape index (κ1) is 11.1. The first-order chi connectivity index (χ1) is 7.59. The molecule has 1 saturated carbocycles. The summed E-state index contributed by atoms with van der Waals surface area (Å²) in [6, 6.07) is 6.12. The van der Waals surface area contributed by atoms with Crippen LogP contribution in [-0.2, 0) is 4.79 Å². The van der Waals surface area contributed by atoms with E-state index < -0.39 is 5.82 Å². The third-order valence-corrected chi connectivity index (χ3v) is 3.01. The lowest BCUT2D eigenvalue weighted by atomic mass is 9.75. The van der Waals surface area contributed by atoms with Crippen LogP contribution in [0, 0.1) is 5.82 Å². The lowest BCUT2D eigenvalue weighted by molar-refractivity contribution is -0.118. The van der Waals surface area contributed by atoms with Crippen molar-refractivity contribution in [2.45, 2.75) is 31.2 Å². The Morgan fingerprint density at radius 2 is 2.12 bits per heavy atom.